The van der Waals surface area contributed by atoms with Gasteiger partial charge < -0.3 is 10.4 Å². The molecule has 2 atom stereocenters. The Balaban J connectivity index is 1.66. The summed E-state index contributed by atoms with van der Waals surface area (Å²) < 4.78 is 0. The molecule has 2 rings (SSSR count). The quantitative estimate of drug-likeness (QED) is 0.731. The number of carbonyl (C=O) groups is 2. The smallest absolute Gasteiger partial charge is 0.308 e. The summed E-state index contributed by atoms with van der Waals surface area (Å²) in [7, 11) is 0. The Morgan fingerprint density at radius 1 is 1.38 bits per heavy atom. The van der Waals surface area contributed by atoms with Crippen LogP contribution in [0.1, 0.15) is 39.0 Å². The first-order valence-corrected chi connectivity index (χ1v) is 7.96. The van der Waals surface area contributed by atoms with Gasteiger partial charge in [0.05, 0.1) is 12.5 Å². The lowest BCUT2D eigenvalue weighted by Gasteiger charge is -2.16. The fourth-order valence-electron chi connectivity index (χ4n) is 3.27. The van der Waals surface area contributed by atoms with Crippen LogP contribution in [0.4, 0.5) is 0 Å². The molecule has 0 bridgehead atoms. The molecule has 0 aromatic heterocycles. The maximum absolute atomic E-state index is 11.9. The van der Waals surface area contributed by atoms with Crippen molar-refractivity contribution in [2.45, 2.75) is 39.0 Å². The number of nitrogens with zero attached hydrogens (tertiary/aromatic N) is 1. The van der Waals surface area contributed by atoms with E-state index >= 15 is 0 Å². The molecule has 5 heteroatoms. The summed E-state index contributed by atoms with van der Waals surface area (Å²) in [5, 5.41) is 12.0. The predicted octanol–water partition coefficient (Wildman–Crippen LogP) is 1.65. The van der Waals surface area contributed by atoms with Gasteiger partial charge in [0, 0.05) is 19.6 Å². The van der Waals surface area contributed by atoms with Crippen LogP contribution < -0.4 is 5.32 Å². The van der Waals surface area contributed by atoms with E-state index in [1.807, 2.05) is 11.8 Å². The van der Waals surface area contributed by atoms with Crippen molar-refractivity contribution < 1.29 is 14.7 Å². The molecule has 5 nitrogen and oxygen atoms in total. The molecule has 0 unspecified atom stereocenters. The van der Waals surface area contributed by atoms with Gasteiger partial charge in [-0.2, -0.15) is 0 Å². The summed E-state index contributed by atoms with van der Waals surface area (Å²) in [6.07, 6.45) is 8.14. The molecule has 1 heterocycles. The fraction of sp³-hybridized carbons (Fsp3) is 0.750. The Morgan fingerprint density at radius 2 is 2.19 bits per heavy atom. The van der Waals surface area contributed by atoms with Crippen LogP contribution in [0.15, 0.2) is 11.6 Å². The molecule has 0 aromatic carbocycles. The van der Waals surface area contributed by atoms with E-state index in [0.717, 1.165) is 6.42 Å². The average molecular weight is 294 g/mol. The maximum Gasteiger partial charge on any atom is 0.308 e. The SMILES string of the molecule is C[C@@H]1CN(CC(=O)NCCC2=CCCCC2)C[C@H]1C(=O)O. The number of carboxylic acid groups (broad SMARTS) is 1. The fourth-order valence-corrected chi connectivity index (χ4v) is 3.27. The van der Waals surface area contributed by atoms with Crippen molar-refractivity contribution in [2.75, 3.05) is 26.2 Å². The molecule has 0 saturated carbocycles. The molecule has 1 aliphatic carbocycles. The topological polar surface area (TPSA) is 69.6 Å². The molecular formula is C16H26N2O3. The van der Waals surface area contributed by atoms with E-state index in [-0.39, 0.29) is 17.7 Å². The molecule has 2 N–H and O–H groups in total. The van der Waals surface area contributed by atoms with Crippen LogP contribution in [0.25, 0.3) is 0 Å². The zero-order chi connectivity index (χ0) is 15.2. The monoisotopic (exact) mass is 294 g/mol. The minimum atomic E-state index is -0.755. The van der Waals surface area contributed by atoms with E-state index in [4.69, 9.17) is 5.11 Å². The number of nitrogens with one attached hydrogen (secondary N) is 1. The third-order valence-electron chi connectivity index (χ3n) is 4.53. The molecule has 1 fully saturated rings. The first-order valence-electron chi connectivity index (χ1n) is 7.96. The molecule has 1 aliphatic heterocycles. The molecule has 2 aliphatic rings. The summed E-state index contributed by atoms with van der Waals surface area (Å²) in [6, 6.07) is 0. The Bertz CT molecular complexity index is 420. The highest BCUT2D eigenvalue weighted by atomic mass is 16.4. The molecule has 118 valence electrons. The first-order chi connectivity index (χ1) is 10.1. The molecule has 21 heavy (non-hydrogen) atoms. The van der Waals surface area contributed by atoms with Gasteiger partial charge in [-0.1, -0.05) is 18.6 Å². The van der Waals surface area contributed by atoms with Gasteiger partial charge in [-0.25, -0.2) is 0 Å². The number of allylic oxidation sites excluding steroid dienone is 1. The van der Waals surface area contributed by atoms with Crippen LogP contribution in [0.3, 0.4) is 0 Å². The number of hydrogen-bond donors (Lipinski definition) is 2. The van der Waals surface area contributed by atoms with Gasteiger partial charge in [0.1, 0.15) is 0 Å². The van der Waals surface area contributed by atoms with E-state index in [9.17, 15) is 9.59 Å². The van der Waals surface area contributed by atoms with Crippen molar-refractivity contribution in [3.05, 3.63) is 11.6 Å². The highest BCUT2D eigenvalue weighted by molar-refractivity contribution is 5.78. The second kappa shape index (κ2) is 7.59. The number of aliphatic carboxylic acids is 1. The normalized spacial score (nSPS) is 26.4. The van der Waals surface area contributed by atoms with Crippen molar-refractivity contribution in [2.24, 2.45) is 11.8 Å². The van der Waals surface area contributed by atoms with Crippen molar-refractivity contribution in [3.63, 3.8) is 0 Å². The van der Waals surface area contributed by atoms with E-state index in [1.54, 1.807) is 0 Å². The summed E-state index contributed by atoms with van der Waals surface area (Å²) in [4.78, 5) is 24.9. The van der Waals surface area contributed by atoms with E-state index in [0.29, 0.717) is 26.2 Å². The van der Waals surface area contributed by atoms with Gasteiger partial charge in [0.2, 0.25) is 5.91 Å². The van der Waals surface area contributed by atoms with E-state index in [1.165, 1.54) is 31.3 Å². The van der Waals surface area contributed by atoms with Crippen molar-refractivity contribution in [1.82, 2.24) is 10.2 Å². The van der Waals surface area contributed by atoms with Crippen LogP contribution in [0.5, 0.6) is 0 Å². The molecular weight excluding hydrogens is 268 g/mol. The van der Waals surface area contributed by atoms with Crippen molar-refractivity contribution in [1.29, 1.82) is 0 Å². The second-order valence-electron chi connectivity index (χ2n) is 6.32. The number of carboxylic acids is 1. The highest BCUT2D eigenvalue weighted by Gasteiger charge is 2.35. The molecule has 0 aromatic rings. The predicted molar refractivity (Wildman–Crippen MR) is 80.9 cm³/mol. The summed E-state index contributed by atoms with van der Waals surface area (Å²) >= 11 is 0. The van der Waals surface area contributed by atoms with Gasteiger partial charge in [-0.05, 0) is 38.0 Å². The van der Waals surface area contributed by atoms with E-state index < -0.39 is 5.97 Å². The van der Waals surface area contributed by atoms with Gasteiger partial charge in [0.25, 0.3) is 0 Å². The molecule has 0 spiro atoms. The summed E-state index contributed by atoms with van der Waals surface area (Å²) in [5.74, 6) is -0.979. The van der Waals surface area contributed by atoms with Gasteiger partial charge >= 0.3 is 5.97 Å². The Labute approximate surface area is 126 Å². The first kappa shape index (κ1) is 16.0. The lowest BCUT2D eigenvalue weighted by molar-refractivity contribution is -0.142. The Morgan fingerprint density at radius 3 is 2.81 bits per heavy atom. The van der Waals surface area contributed by atoms with Crippen LogP contribution in [-0.4, -0.2) is 48.1 Å². The summed E-state index contributed by atoms with van der Waals surface area (Å²) in [5.41, 5.74) is 1.46. The largest absolute Gasteiger partial charge is 0.481 e. The van der Waals surface area contributed by atoms with Crippen molar-refractivity contribution in [3.8, 4) is 0 Å². The average Bonchev–Trinajstić information content (AvgIpc) is 2.81. The van der Waals surface area contributed by atoms with Gasteiger partial charge in [-0.3, -0.25) is 14.5 Å². The highest BCUT2D eigenvalue weighted by Crippen LogP contribution is 2.22. The number of hydrogen-bond acceptors (Lipinski definition) is 3. The molecule has 0 radical (unpaired) electrons. The number of likely N-dealkylation sites (tertiary alicyclic amines) is 1. The van der Waals surface area contributed by atoms with E-state index in [2.05, 4.69) is 11.4 Å². The third kappa shape index (κ3) is 4.84. The number of rotatable bonds is 6. The summed E-state index contributed by atoms with van der Waals surface area (Å²) in [6.45, 7) is 4.11. The van der Waals surface area contributed by atoms with Crippen LogP contribution in [0, 0.1) is 11.8 Å². The zero-order valence-electron chi connectivity index (χ0n) is 12.8. The molecule has 1 saturated heterocycles. The van der Waals surface area contributed by atoms with Gasteiger partial charge in [-0.15, -0.1) is 0 Å². The second-order valence-corrected chi connectivity index (χ2v) is 6.32. The third-order valence-corrected chi connectivity index (χ3v) is 4.53. The minimum Gasteiger partial charge on any atom is -0.481 e. The Hall–Kier alpha value is -1.36. The molecule has 1 amide bonds. The lowest BCUT2D eigenvalue weighted by atomic mass is 9.97. The lowest BCUT2D eigenvalue weighted by Crippen LogP contribution is -2.37. The Kier molecular flexibility index (Phi) is 5.79. The standard InChI is InChI=1S/C16H26N2O3/c1-12-9-18(10-14(12)16(20)21)11-15(19)17-8-7-13-5-3-2-4-6-13/h5,12,14H,2-4,6-11H2,1H3,(H,17,19)(H,20,21)/t12-,14-/m1/s1. The number of carbonyl (C=O) groups excluding carboxylic acids is 1. The van der Waals surface area contributed by atoms with Crippen LogP contribution in [0.2, 0.25) is 0 Å². The maximum atomic E-state index is 11.9. The van der Waals surface area contributed by atoms with Crippen molar-refractivity contribution >= 4 is 11.9 Å². The minimum absolute atomic E-state index is 0.00430. The zero-order valence-corrected chi connectivity index (χ0v) is 12.8. The number of amides is 1. The van der Waals surface area contributed by atoms with Crippen LogP contribution in [-0.2, 0) is 9.59 Å². The van der Waals surface area contributed by atoms with Crippen LogP contribution >= 0.6 is 0 Å². The van der Waals surface area contributed by atoms with Gasteiger partial charge in [0.15, 0.2) is 0 Å².